The molecule has 1 aliphatic heterocycles. The van der Waals surface area contributed by atoms with Gasteiger partial charge in [-0.2, -0.15) is 0 Å². The molecule has 1 aliphatic rings. The van der Waals surface area contributed by atoms with E-state index < -0.39 is 0 Å². The van der Waals surface area contributed by atoms with E-state index in [-0.39, 0.29) is 24.3 Å². The number of halogens is 1. The number of nitrogens with zero attached hydrogens (tertiary/aromatic N) is 2. The Labute approximate surface area is 156 Å². The lowest BCUT2D eigenvalue weighted by molar-refractivity contribution is -0.151. The molecule has 2 heterocycles. The highest BCUT2D eigenvalue weighted by atomic mass is 79.9. The molecule has 0 unspecified atom stereocenters. The molecule has 2 aromatic rings. The number of fused-ring (bicyclic) bond motifs is 1. The first kappa shape index (κ1) is 18.0. The zero-order chi connectivity index (χ0) is 18.0. The maximum atomic E-state index is 12.8. The lowest BCUT2D eigenvalue weighted by atomic mass is 9.98. The summed E-state index contributed by atoms with van der Waals surface area (Å²) in [7, 11) is 0. The predicted molar refractivity (Wildman–Crippen MR) is 100 cm³/mol. The summed E-state index contributed by atoms with van der Waals surface area (Å²) in [6, 6.07) is 8.04. The summed E-state index contributed by atoms with van der Waals surface area (Å²) in [5, 5.41) is 1.11. The summed E-state index contributed by atoms with van der Waals surface area (Å²) in [6.45, 7) is 5.64. The fraction of sp³-hybridized carbons (Fsp3) is 0.474. The van der Waals surface area contributed by atoms with Crippen molar-refractivity contribution in [2.45, 2.75) is 33.2 Å². The molecule has 3 rings (SSSR count). The first-order valence-electron chi connectivity index (χ1n) is 8.70. The standard InChI is InChI=1S/C19H23BrN2O3/c1-3-25-19(24)14-7-6-10-21(11-14)17(23)12-22-13(2)18(20)15-8-4-5-9-16(15)22/h4-5,8-9,14H,3,6-7,10-12H2,1-2H3/t14-/m1/s1. The van der Waals surface area contributed by atoms with Crippen molar-refractivity contribution in [2.75, 3.05) is 19.7 Å². The molecule has 0 saturated carbocycles. The molecular weight excluding hydrogens is 384 g/mol. The van der Waals surface area contributed by atoms with Crippen molar-refractivity contribution in [3.63, 3.8) is 0 Å². The van der Waals surface area contributed by atoms with Gasteiger partial charge >= 0.3 is 5.97 Å². The second-order valence-electron chi connectivity index (χ2n) is 6.43. The first-order valence-corrected chi connectivity index (χ1v) is 9.50. The van der Waals surface area contributed by atoms with Gasteiger partial charge in [0.05, 0.1) is 12.5 Å². The Hall–Kier alpha value is -1.82. The first-order chi connectivity index (χ1) is 12.0. The van der Waals surface area contributed by atoms with Crippen molar-refractivity contribution in [1.82, 2.24) is 9.47 Å². The Morgan fingerprint density at radius 1 is 1.32 bits per heavy atom. The predicted octanol–water partition coefficient (Wildman–Crippen LogP) is 3.51. The molecule has 1 fully saturated rings. The minimum atomic E-state index is -0.202. The molecule has 1 aromatic heterocycles. The Bertz CT molecular complexity index is 799. The van der Waals surface area contributed by atoms with E-state index in [0.29, 0.717) is 19.7 Å². The van der Waals surface area contributed by atoms with Crippen LogP contribution < -0.4 is 0 Å². The third-order valence-corrected chi connectivity index (χ3v) is 5.84. The smallest absolute Gasteiger partial charge is 0.310 e. The molecule has 0 aliphatic carbocycles. The number of para-hydroxylation sites is 1. The summed E-state index contributed by atoms with van der Waals surface area (Å²) < 4.78 is 8.18. The van der Waals surface area contributed by atoms with Crippen molar-refractivity contribution >= 4 is 38.7 Å². The molecule has 0 bridgehead atoms. The highest BCUT2D eigenvalue weighted by Crippen LogP contribution is 2.30. The molecule has 1 aromatic carbocycles. The third-order valence-electron chi connectivity index (χ3n) is 4.84. The van der Waals surface area contributed by atoms with E-state index in [1.807, 2.05) is 35.8 Å². The molecule has 6 heteroatoms. The van der Waals surface area contributed by atoms with Crippen LogP contribution in [0.25, 0.3) is 10.9 Å². The number of amides is 1. The van der Waals surface area contributed by atoms with E-state index in [9.17, 15) is 9.59 Å². The van der Waals surface area contributed by atoms with Gasteiger partial charge in [-0.3, -0.25) is 9.59 Å². The van der Waals surface area contributed by atoms with Gasteiger partial charge < -0.3 is 14.2 Å². The average molecular weight is 407 g/mol. The molecule has 1 saturated heterocycles. The number of carbonyl (C=O) groups excluding carboxylic acids is 2. The summed E-state index contributed by atoms with van der Waals surface area (Å²) in [6.07, 6.45) is 1.63. The topological polar surface area (TPSA) is 51.5 Å². The normalized spacial score (nSPS) is 17.7. The Morgan fingerprint density at radius 3 is 2.84 bits per heavy atom. The number of hydrogen-bond acceptors (Lipinski definition) is 3. The van der Waals surface area contributed by atoms with E-state index in [2.05, 4.69) is 15.9 Å². The van der Waals surface area contributed by atoms with E-state index in [1.54, 1.807) is 11.8 Å². The van der Waals surface area contributed by atoms with Gasteiger partial charge in [-0.25, -0.2) is 0 Å². The number of aromatic nitrogens is 1. The SMILES string of the molecule is CCOC(=O)[C@@H]1CCCN(C(=O)Cn2c(C)c(Br)c3ccccc32)C1. The summed E-state index contributed by atoms with van der Waals surface area (Å²) in [5.74, 6) is -0.345. The fourth-order valence-corrected chi connectivity index (χ4v) is 4.03. The monoisotopic (exact) mass is 406 g/mol. The van der Waals surface area contributed by atoms with Crippen LogP contribution in [-0.4, -0.2) is 41.0 Å². The van der Waals surface area contributed by atoms with Crippen LogP contribution in [0.1, 0.15) is 25.5 Å². The molecule has 134 valence electrons. The van der Waals surface area contributed by atoms with E-state index in [0.717, 1.165) is 33.9 Å². The number of likely N-dealkylation sites (tertiary alicyclic amines) is 1. The minimum Gasteiger partial charge on any atom is -0.466 e. The highest BCUT2D eigenvalue weighted by molar-refractivity contribution is 9.10. The van der Waals surface area contributed by atoms with Gasteiger partial charge in [-0.15, -0.1) is 0 Å². The van der Waals surface area contributed by atoms with E-state index in [1.165, 1.54) is 0 Å². The van der Waals surface area contributed by atoms with Crippen molar-refractivity contribution in [3.8, 4) is 0 Å². The van der Waals surface area contributed by atoms with Crippen LogP contribution in [0.15, 0.2) is 28.7 Å². The van der Waals surface area contributed by atoms with Crippen LogP contribution in [0.4, 0.5) is 0 Å². The number of carbonyl (C=O) groups is 2. The number of hydrogen-bond donors (Lipinski definition) is 0. The third kappa shape index (κ3) is 3.59. The number of piperidine rings is 1. The fourth-order valence-electron chi connectivity index (χ4n) is 3.48. The average Bonchev–Trinajstić information content (AvgIpc) is 2.87. The number of ether oxygens (including phenoxy) is 1. The zero-order valence-corrected chi connectivity index (χ0v) is 16.2. The van der Waals surface area contributed by atoms with Crippen molar-refractivity contribution in [3.05, 3.63) is 34.4 Å². The molecule has 0 spiro atoms. The molecule has 0 radical (unpaired) electrons. The van der Waals surface area contributed by atoms with Gasteiger partial charge in [0.15, 0.2) is 0 Å². The lowest BCUT2D eigenvalue weighted by Crippen LogP contribution is -2.44. The van der Waals surface area contributed by atoms with Crippen LogP contribution >= 0.6 is 15.9 Å². The molecule has 1 atom stereocenters. The Balaban J connectivity index is 1.76. The minimum absolute atomic E-state index is 0.0466. The maximum Gasteiger partial charge on any atom is 0.310 e. The van der Waals surface area contributed by atoms with E-state index >= 15 is 0 Å². The van der Waals surface area contributed by atoms with Gasteiger partial charge in [0.25, 0.3) is 0 Å². The summed E-state index contributed by atoms with van der Waals surface area (Å²) in [4.78, 5) is 26.6. The van der Waals surface area contributed by atoms with E-state index in [4.69, 9.17) is 4.74 Å². The van der Waals surface area contributed by atoms with Gasteiger partial charge in [0.2, 0.25) is 5.91 Å². The molecule has 1 amide bonds. The molecule has 0 N–H and O–H groups in total. The Kier molecular flexibility index (Phi) is 5.47. The quantitative estimate of drug-likeness (QED) is 0.729. The molecule has 5 nitrogen and oxygen atoms in total. The zero-order valence-electron chi connectivity index (χ0n) is 14.6. The number of esters is 1. The lowest BCUT2D eigenvalue weighted by Gasteiger charge is -2.31. The maximum absolute atomic E-state index is 12.8. The van der Waals surface area contributed by atoms with Crippen LogP contribution in [0.2, 0.25) is 0 Å². The van der Waals surface area contributed by atoms with Crippen molar-refractivity contribution in [2.24, 2.45) is 5.92 Å². The van der Waals surface area contributed by atoms with Gasteiger partial charge in [-0.05, 0) is 48.7 Å². The summed E-state index contributed by atoms with van der Waals surface area (Å²) >= 11 is 3.63. The second kappa shape index (κ2) is 7.60. The van der Waals surface area contributed by atoms with Crippen molar-refractivity contribution < 1.29 is 14.3 Å². The number of rotatable bonds is 4. The largest absolute Gasteiger partial charge is 0.466 e. The highest BCUT2D eigenvalue weighted by Gasteiger charge is 2.29. The molecule has 25 heavy (non-hydrogen) atoms. The van der Waals surface area contributed by atoms with Gasteiger partial charge in [-0.1, -0.05) is 18.2 Å². The van der Waals surface area contributed by atoms with Crippen molar-refractivity contribution in [1.29, 1.82) is 0 Å². The van der Waals surface area contributed by atoms with Crippen LogP contribution in [0.3, 0.4) is 0 Å². The van der Waals surface area contributed by atoms with Crippen LogP contribution in [0, 0.1) is 12.8 Å². The molecular formula is C19H23BrN2O3. The number of benzene rings is 1. The second-order valence-corrected chi connectivity index (χ2v) is 7.23. The van der Waals surface area contributed by atoms with Gasteiger partial charge in [0.1, 0.15) is 6.54 Å². The van der Waals surface area contributed by atoms with Crippen LogP contribution in [0.5, 0.6) is 0 Å². The van der Waals surface area contributed by atoms with Gasteiger partial charge in [0, 0.05) is 34.2 Å². The Morgan fingerprint density at radius 2 is 2.08 bits per heavy atom. The van der Waals surface area contributed by atoms with Crippen LogP contribution in [-0.2, 0) is 20.9 Å². The summed E-state index contributed by atoms with van der Waals surface area (Å²) in [5.41, 5.74) is 2.08.